The van der Waals surface area contributed by atoms with Gasteiger partial charge in [0.15, 0.2) is 0 Å². The Morgan fingerprint density at radius 1 is 0.519 bits per heavy atom. The molecule has 0 amide bonds. The smallest absolute Gasteiger partial charge is 0.0316 e. The predicted molar refractivity (Wildman–Crippen MR) is 237 cm³/mol. The van der Waals surface area contributed by atoms with Crippen LogP contribution in [0.5, 0.6) is 0 Å². The number of benzene rings is 4. The highest BCUT2D eigenvalue weighted by Crippen LogP contribution is 2.48. The van der Waals surface area contributed by atoms with Crippen LogP contribution >= 0.6 is 0 Å². The molecule has 1 fully saturated rings. The monoisotopic (exact) mass is 727 g/mol. The molecular formula is C52H74N2. The first-order valence-corrected chi connectivity index (χ1v) is 22.2. The van der Waals surface area contributed by atoms with Crippen LogP contribution in [0.1, 0.15) is 199 Å². The van der Waals surface area contributed by atoms with Gasteiger partial charge in [0.05, 0.1) is 0 Å². The van der Waals surface area contributed by atoms with Crippen molar-refractivity contribution in [2.45, 2.75) is 174 Å². The maximum Gasteiger partial charge on any atom is 0.0316 e. The normalized spacial score (nSPS) is 18.4. The average molecular weight is 727 g/mol. The van der Waals surface area contributed by atoms with Crippen LogP contribution in [0, 0.1) is 19.8 Å². The standard InChI is InChI=1S/C52H74N2/c1-6-9-12-13-14-17-18-41-33-35-52(36-34-41,44-25-21-42(22-26-44)50(19-15-10-7-2)48-31-29-46(53)37-39(48)4)45-27-23-43(24-28-45)51(20-16-11-8-3)49-32-30-47(54)38-40(49)5/h21-32,37-38,41,50-51H,6-20,33-36,53-54H2,1-5H3. The second-order valence-electron chi connectivity index (χ2n) is 17.2. The van der Waals surface area contributed by atoms with Crippen LogP contribution in [0.2, 0.25) is 0 Å². The van der Waals surface area contributed by atoms with E-state index in [4.69, 9.17) is 11.5 Å². The van der Waals surface area contributed by atoms with Crippen LogP contribution < -0.4 is 11.5 Å². The molecule has 0 aromatic heterocycles. The average Bonchev–Trinajstić information content (AvgIpc) is 3.18. The topological polar surface area (TPSA) is 52.0 Å². The first-order chi connectivity index (χ1) is 26.3. The SMILES string of the molecule is CCCCCCCCC1CCC(c2ccc(C(CCCCC)c3ccc(N)cc3C)cc2)(c2ccc(C(CCCCC)c3ccc(N)cc3C)cc2)CC1. The molecule has 4 aromatic rings. The third-order valence-corrected chi connectivity index (χ3v) is 13.2. The number of unbranched alkanes of at least 4 members (excludes halogenated alkanes) is 9. The summed E-state index contributed by atoms with van der Waals surface area (Å²) in [6.45, 7) is 11.4. The highest BCUT2D eigenvalue weighted by molar-refractivity contribution is 5.51. The van der Waals surface area contributed by atoms with Gasteiger partial charge in [-0.2, -0.15) is 0 Å². The molecule has 1 saturated carbocycles. The second-order valence-corrected chi connectivity index (χ2v) is 17.2. The zero-order valence-corrected chi connectivity index (χ0v) is 34.9. The summed E-state index contributed by atoms with van der Waals surface area (Å²) in [7, 11) is 0. The molecule has 0 bridgehead atoms. The van der Waals surface area contributed by atoms with E-state index in [0.29, 0.717) is 11.8 Å². The lowest BCUT2D eigenvalue weighted by atomic mass is 9.62. The van der Waals surface area contributed by atoms with Crippen molar-refractivity contribution >= 4 is 11.4 Å². The number of nitrogens with two attached hydrogens (primary N) is 2. The molecular weight excluding hydrogens is 653 g/mol. The van der Waals surface area contributed by atoms with Gasteiger partial charge in [-0.05, 0) is 127 Å². The Morgan fingerprint density at radius 2 is 0.926 bits per heavy atom. The van der Waals surface area contributed by atoms with Gasteiger partial charge in [-0.25, -0.2) is 0 Å². The van der Waals surface area contributed by atoms with Crippen LogP contribution in [-0.4, -0.2) is 0 Å². The van der Waals surface area contributed by atoms with Crippen LogP contribution in [0.3, 0.4) is 0 Å². The molecule has 5 rings (SSSR count). The van der Waals surface area contributed by atoms with Crippen LogP contribution in [0.25, 0.3) is 0 Å². The summed E-state index contributed by atoms with van der Waals surface area (Å²) in [6, 6.07) is 33.0. The summed E-state index contributed by atoms with van der Waals surface area (Å²) < 4.78 is 0. The minimum Gasteiger partial charge on any atom is -0.399 e. The van der Waals surface area contributed by atoms with Crippen molar-refractivity contribution in [1.82, 2.24) is 0 Å². The minimum atomic E-state index is 0.0539. The van der Waals surface area contributed by atoms with E-state index in [2.05, 4.69) is 120 Å². The molecule has 2 unspecified atom stereocenters. The van der Waals surface area contributed by atoms with Crippen molar-refractivity contribution < 1.29 is 0 Å². The summed E-state index contributed by atoms with van der Waals surface area (Å²) in [6.07, 6.45) is 24.8. The first kappa shape index (κ1) is 41.6. The van der Waals surface area contributed by atoms with E-state index in [9.17, 15) is 0 Å². The van der Waals surface area contributed by atoms with Crippen LogP contribution in [0.15, 0.2) is 84.9 Å². The molecule has 1 aliphatic rings. The van der Waals surface area contributed by atoms with Gasteiger partial charge in [-0.1, -0.05) is 165 Å². The number of nitrogen functional groups attached to an aromatic ring is 2. The molecule has 2 atom stereocenters. The quantitative estimate of drug-likeness (QED) is 0.0663. The summed E-state index contributed by atoms with van der Waals surface area (Å²) in [5.74, 6) is 1.66. The zero-order chi connectivity index (χ0) is 38.3. The summed E-state index contributed by atoms with van der Waals surface area (Å²) >= 11 is 0. The van der Waals surface area contributed by atoms with Gasteiger partial charge in [0.1, 0.15) is 0 Å². The summed E-state index contributed by atoms with van der Waals surface area (Å²) in [4.78, 5) is 0. The Balaban J connectivity index is 1.45. The Kier molecular flexibility index (Phi) is 16.2. The lowest BCUT2D eigenvalue weighted by Gasteiger charge is -2.42. The number of hydrogen-bond acceptors (Lipinski definition) is 2. The molecule has 54 heavy (non-hydrogen) atoms. The van der Waals surface area contributed by atoms with Crippen molar-refractivity contribution in [3.63, 3.8) is 0 Å². The van der Waals surface area contributed by atoms with Gasteiger partial charge < -0.3 is 11.5 Å². The largest absolute Gasteiger partial charge is 0.399 e. The van der Waals surface area contributed by atoms with Crippen molar-refractivity contribution in [2.24, 2.45) is 5.92 Å². The van der Waals surface area contributed by atoms with Crippen LogP contribution in [-0.2, 0) is 5.41 Å². The van der Waals surface area contributed by atoms with Crippen molar-refractivity contribution in [3.05, 3.63) is 129 Å². The Hall–Kier alpha value is -3.52. The third kappa shape index (κ3) is 10.8. The molecule has 2 nitrogen and oxygen atoms in total. The molecule has 0 heterocycles. The molecule has 0 aliphatic heterocycles. The highest BCUT2D eigenvalue weighted by atomic mass is 14.5. The minimum absolute atomic E-state index is 0.0539. The Bertz CT molecular complexity index is 1560. The lowest BCUT2D eigenvalue weighted by molar-refractivity contribution is 0.250. The van der Waals surface area contributed by atoms with Crippen molar-refractivity contribution in [3.8, 4) is 0 Å². The summed E-state index contributed by atoms with van der Waals surface area (Å²) in [5.41, 5.74) is 25.6. The number of hydrogen-bond donors (Lipinski definition) is 2. The molecule has 0 radical (unpaired) electrons. The van der Waals surface area contributed by atoms with Crippen molar-refractivity contribution in [2.75, 3.05) is 11.5 Å². The van der Waals surface area contributed by atoms with Gasteiger partial charge in [0.25, 0.3) is 0 Å². The van der Waals surface area contributed by atoms with Crippen LogP contribution in [0.4, 0.5) is 11.4 Å². The Morgan fingerprint density at radius 3 is 1.35 bits per heavy atom. The first-order valence-electron chi connectivity index (χ1n) is 22.2. The lowest BCUT2D eigenvalue weighted by Crippen LogP contribution is -2.33. The highest BCUT2D eigenvalue weighted by Gasteiger charge is 2.38. The van der Waals surface area contributed by atoms with Gasteiger partial charge in [-0.15, -0.1) is 0 Å². The summed E-state index contributed by atoms with van der Waals surface area (Å²) in [5, 5.41) is 0. The molecule has 2 heteroatoms. The number of rotatable bonds is 21. The fraction of sp³-hybridized carbons (Fsp3) is 0.538. The molecule has 0 spiro atoms. The molecule has 4 aromatic carbocycles. The maximum atomic E-state index is 6.21. The van der Waals surface area contributed by atoms with Gasteiger partial charge >= 0.3 is 0 Å². The number of aryl methyl sites for hydroxylation is 2. The van der Waals surface area contributed by atoms with Gasteiger partial charge in [0.2, 0.25) is 0 Å². The van der Waals surface area contributed by atoms with E-state index >= 15 is 0 Å². The van der Waals surface area contributed by atoms with E-state index in [1.807, 2.05) is 0 Å². The van der Waals surface area contributed by atoms with E-state index < -0.39 is 0 Å². The predicted octanol–water partition coefficient (Wildman–Crippen LogP) is 15.1. The van der Waals surface area contributed by atoms with E-state index in [-0.39, 0.29) is 5.41 Å². The molecule has 0 saturated heterocycles. The maximum absolute atomic E-state index is 6.21. The fourth-order valence-electron chi connectivity index (χ4n) is 9.87. The molecule has 4 N–H and O–H groups in total. The van der Waals surface area contributed by atoms with Gasteiger partial charge in [-0.3, -0.25) is 0 Å². The third-order valence-electron chi connectivity index (χ3n) is 13.2. The zero-order valence-electron chi connectivity index (χ0n) is 34.9. The van der Waals surface area contributed by atoms with E-state index in [0.717, 1.165) is 17.3 Å². The fourth-order valence-corrected chi connectivity index (χ4v) is 9.87. The molecule has 1 aliphatic carbocycles. The second kappa shape index (κ2) is 21.0. The van der Waals surface area contributed by atoms with Gasteiger partial charge in [0, 0.05) is 28.6 Å². The number of anilines is 2. The Labute approximate surface area is 330 Å². The van der Waals surface area contributed by atoms with Crippen molar-refractivity contribution in [1.29, 1.82) is 0 Å². The molecule has 292 valence electrons. The van der Waals surface area contributed by atoms with E-state index in [1.54, 1.807) is 0 Å². The van der Waals surface area contributed by atoms with E-state index in [1.165, 1.54) is 167 Å².